The van der Waals surface area contributed by atoms with Gasteiger partial charge in [0.1, 0.15) is 5.82 Å². The van der Waals surface area contributed by atoms with E-state index in [1.54, 1.807) is 12.1 Å². The number of carbonyl (C=O) groups excluding carboxylic acids is 1. The number of rotatable bonds is 4. The summed E-state index contributed by atoms with van der Waals surface area (Å²) in [7, 11) is 0. The van der Waals surface area contributed by atoms with E-state index in [0.717, 1.165) is 3.57 Å². The normalized spacial score (nSPS) is 10.2. The maximum Gasteiger partial charge on any atom is 0.337 e. The highest BCUT2D eigenvalue weighted by Gasteiger charge is 2.13. The molecule has 0 radical (unpaired) electrons. The molecular weight excluding hydrogens is 388 g/mol. The number of halogens is 2. The molecule has 0 saturated heterocycles. The number of aromatic carboxylic acids is 1. The molecule has 0 aliphatic heterocycles. The van der Waals surface area contributed by atoms with Crippen LogP contribution in [0.2, 0.25) is 0 Å². The molecule has 2 N–H and O–H groups in total. The van der Waals surface area contributed by atoms with Gasteiger partial charge in [-0.25, -0.2) is 9.18 Å². The number of anilines is 1. The third-order valence-corrected chi connectivity index (χ3v) is 3.41. The number of hydrogen-bond acceptors (Lipinski definition) is 2. The van der Waals surface area contributed by atoms with Gasteiger partial charge < -0.3 is 10.4 Å². The van der Waals surface area contributed by atoms with Crippen molar-refractivity contribution in [3.63, 3.8) is 0 Å². The largest absolute Gasteiger partial charge is 0.478 e. The van der Waals surface area contributed by atoms with E-state index in [1.165, 1.54) is 30.3 Å². The van der Waals surface area contributed by atoms with E-state index in [-0.39, 0.29) is 17.7 Å². The van der Waals surface area contributed by atoms with E-state index in [0.29, 0.717) is 5.56 Å². The summed E-state index contributed by atoms with van der Waals surface area (Å²) in [6.45, 7) is 0. The molecule has 2 aromatic carbocycles. The van der Waals surface area contributed by atoms with Crippen molar-refractivity contribution in [2.75, 3.05) is 5.32 Å². The Morgan fingerprint density at radius 2 is 1.95 bits per heavy atom. The summed E-state index contributed by atoms with van der Waals surface area (Å²) < 4.78 is 13.8. The number of carboxylic acids is 1. The second-order valence-corrected chi connectivity index (χ2v) is 5.60. The molecule has 1 amide bonds. The molecule has 0 unspecified atom stereocenters. The number of benzene rings is 2. The zero-order chi connectivity index (χ0) is 15.4. The van der Waals surface area contributed by atoms with Crippen molar-refractivity contribution >= 4 is 40.2 Å². The van der Waals surface area contributed by atoms with Crippen LogP contribution in [0.5, 0.6) is 0 Å². The average Bonchev–Trinajstić information content (AvgIpc) is 2.40. The zero-order valence-corrected chi connectivity index (χ0v) is 12.9. The summed E-state index contributed by atoms with van der Waals surface area (Å²) in [6, 6.07) is 10.4. The smallest absolute Gasteiger partial charge is 0.337 e. The summed E-state index contributed by atoms with van der Waals surface area (Å²) in [5.41, 5.74) is 0.772. The Kier molecular flexibility index (Phi) is 4.89. The van der Waals surface area contributed by atoms with E-state index in [1.807, 2.05) is 22.6 Å². The average molecular weight is 399 g/mol. The molecule has 0 spiro atoms. The van der Waals surface area contributed by atoms with Gasteiger partial charge in [-0.3, -0.25) is 4.79 Å². The van der Waals surface area contributed by atoms with Crippen LogP contribution in [0.4, 0.5) is 10.1 Å². The molecule has 2 rings (SSSR count). The first-order valence-electron chi connectivity index (χ1n) is 6.03. The fourth-order valence-corrected chi connectivity index (χ4v) is 2.32. The standard InChI is InChI=1S/C15H11FINO3/c16-10-3-1-2-9(6-10)7-14(19)18-13-5-4-11(17)8-12(13)15(20)21/h1-6,8H,7H2,(H,18,19)(H,20,21). The van der Waals surface area contributed by atoms with Crippen molar-refractivity contribution in [3.05, 3.63) is 63.0 Å². The van der Waals surface area contributed by atoms with Crippen molar-refractivity contribution in [2.24, 2.45) is 0 Å². The van der Waals surface area contributed by atoms with Crippen LogP contribution < -0.4 is 5.32 Å². The Morgan fingerprint density at radius 1 is 1.19 bits per heavy atom. The van der Waals surface area contributed by atoms with Crippen LogP contribution in [-0.4, -0.2) is 17.0 Å². The topological polar surface area (TPSA) is 66.4 Å². The molecular formula is C15H11FINO3. The number of carbonyl (C=O) groups is 2. The van der Waals surface area contributed by atoms with Crippen molar-refractivity contribution in [3.8, 4) is 0 Å². The summed E-state index contributed by atoms with van der Waals surface area (Å²) >= 11 is 1.99. The van der Waals surface area contributed by atoms with Gasteiger partial charge in [-0.05, 0) is 58.5 Å². The molecule has 0 fully saturated rings. The third-order valence-electron chi connectivity index (χ3n) is 2.74. The molecule has 108 valence electrons. The molecule has 0 atom stereocenters. The molecule has 6 heteroatoms. The zero-order valence-electron chi connectivity index (χ0n) is 10.8. The van der Waals surface area contributed by atoms with Crippen LogP contribution in [0.3, 0.4) is 0 Å². The Bertz CT molecular complexity index is 703. The minimum Gasteiger partial charge on any atom is -0.478 e. The molecule has 21 heavy (non-hydrogen) atoms. The highest BCUT2D eigenvalue weighted by molar-refractivity contribution is 14.1. The summed E-state index contributed by atoms with van der Waals surface area (Å²) in [5.74, 6) is -1.93. The second kappa shape index (κ2) is 6.66. The van der Waals surface area contributed by atoms with Gasteiger partial charge in [-0.1, -0.05) is 12.1 Å². The first-order chi connectivity index (χ1) is 9.95. The molecule has 0 aliphatic carbocycles. The van der Waals surface area contributed by atoms with Gasteiger partial charge in [0.05, 0.1) is 17.7 Å². The fourth-order valence-electron chi connectivity index (χ4n) is 1.83. The minimum absolute atomic E-state index is 0.0227. The van der Waals surface area contributed by atoms with Crippen LogP contribution in [0.15, 0.2) is 42.5 Å². The predicted molar refractivity (Wildman–Crippen MR) is 84.9 cm³/mol. The van der Waals surface area contributed by atoms with Gasteiger partial charge >= 0.3 is 5.97 Å². The maximum atomic E-state index is 13.0. The second-order valence-electron chi connectivity index (χ2n) is 4.35. The van der Waals surface area contributed by atoms with Crippen LogP contribution >= 0.6 is 22.6 Å². The highest BCUT2D eigenvalue weighted by atomic mass is 127. The first kappa shape index (κ1) is 15.4. The SMILES string of the molecule is O=C(Cc1cccc(F)c1)Nc1ccc(I)cc1C(=O)O. The predicted octanol–water partition coefficient (Wildman–Crippen LogP) is 3.31. The summed E-state index contributed by atoms with van der Waals surface area (Å²) in [4.78, 5) is 23.1. The van der Waals surface area contributed by atoms with Gasteiger partial charge in [-0.15, -0.1) is 0 Å². The van der Waals surface area contributed by atoms with Gasteiger partial charge in [0.15, 0.2) is 0 Å². The number of carboxylic acid groups (broad SMARTS) is 1. The lowest BCUT2D eigenvalue weighted by atomic mass is 10.1. The van der Waals surface area contributed by atoms with E-state index in [4.69, 9.17) is 5.11 Å². The van der Waals surface area contributed by atoms with Crippen molar-refractivity contribution in [1.29, 1.82) is 0 Å². The molecule has 0 aliphatic rings. The molecule has 0 aromatic heterocycles. The van der Waals surface area contributed by atoms with Crippen LogP contribution in [0.1, 0.15) is 15.9 Å². The number of nitrogens with one attached hydrogen (secondary N) is 1. The Balaban J connectivity index is 2.15. The minimum atomic E-state index is -1.12. The van der Waals surface area contributed by atoms with Crippen molar-refractivity contribution < 1.29 is 19.1 Å². The van der Waals surface area contributed by atoms with Crippen LogP contribution in [0, 0.1) is 9.39 Å². The molecule has 0 bridgehead atoms. The lowest BCUT2D eigenvalue weighted by Gasteiger charge is -2.09. The molecule has 2 aromatic rings. The molecule has 0 heterocycles. The van der Waals surface area contributed by atoms with E-state index in [2.05, 4.69) is 5.32 Å². The van der Waals surface area contributed by atoms with Crippen LogP contribution in [0.25, 0.3) is 0 Å². The lowest BCUT2D eigenvalue weighted by molar-refractivity contribution is -0.115. The van der Waals surface area contributed by atoms with Gasteiger partial charge in [0, 0.05) is 3.57 Å². The monoisotopic (exact) mass is 399 g/mol. The fraction of sp³-hybridized carbons (Fsp3) is 0.0667. The highest BCUT2D eigenvalue weighted by Crippen LogP contribution is 2.19. The lowest BCUT2D eigenvalue weighted by Crippen LogP contribution is -2.17. The molecule has 0 saturated carbocycles. The van der Waals surface area contributed by atoms with E-state index < -0.39 is 17.7 Å². The van der Waals surface area contributed by atoms with E-state index in [9.17, 15) is 14.0 Å². The Morgan fingerprint density at radius 3 is 2.62 bits per heavy atom. The van der Waals surface area contributed by atoms with Gasteiger partial charge in [0.25, 0.3) is 0 Å². The molecule has 4 nitrogen and oxygen atoms in total. The van der Waals surface area contributed by atoms with Gasteiger partial charge in [-0.2, -0.15) is 0 Å². The van der Waals surface area contributed by atoms with Gasteiger partial charge in [0.2, 0.25) is 5.91 Å². The first-order valence-corrected chi connectivity index (χ1v) is 7.11. The van der Waals surface area contributed by atoms with Crippen LogP contribution in [-0.2, 0) is 11.2 Å². The Labute approximate surface area is 134 Å². The summed E-state index contributed by atoms with van der Waals surface area (Å²) in [6.07, 6.45) is -0.0250. The Hall–Kier alpha value is -1.96. The number of amides is 1. The maximum absolute atomic E-state index is 13.0. The quantitative estimate of drug-likeness (QED) is 0.776. The van der Waals surface area contributed by atoms with Crippen molar-refractivity contribution in [1.82, 2.24) is 0 Å². The van der Waals surface area contributed by atoms with E-state index >= 15 is 0 Å². The van der Waals surface area contributed by atoms with Crippen molar-refractivity contribution in [2.45, 2.75) is 6.42 Å². The summed E-state index contributed by atoms with van der Waals surface area (Å²) in [5, 5.41) is 11.7. The third kappa shape index (κ3) is 4.25. The number of hydrogen-bond donors (Lipinski definition) is 2.